The van der Waals surface area contributed by atoms with Crippen molar-refractivity contribution < 1.29 is 18.7 Å². The molecule has 0 radical (unpaired) electrons. The molecule has 0 saturated carbocycles. The van der Waals surface area contributed by atoms with E-state index in [0.29, 0.717) is 0 Å². The van der Waals surface area contributed by atoms with Gasteiger partial charge in [-0.15, -0.1) is 0 Å². The number of benzene rings is 1. The normalized spacial score (nSPS) is 11.8. The van der Waals surface area contributed by atoms with E-state index in [1.807, 2.05) is 0 Å². The van der Waals surface area contributed by atoms with Crippen LogP contribution in [0.1, 0.15) is 6.92 Å². The van der Waals surface area contributed by atoms with Gasteiger partial charge >= 0.3 is 5.97 Å². The monoisotopic (exact) mass is 274 g/mol. The number of anilines is 1. The molecule has 1 aromatic rings. The Morgan fingerprint density at radius 2 is 2.22 bits per heavy atom. The van der Waals surface area contributed by atoms with Gasteiger partial charge in [0.15, 0.2) is 6.04 Å². The summed E-state index contributed by atoms with van der Waals surface area (Å²) in [5.74, 6) is -2.19. The molecule has 0 aliphatic rings. The van der Waals surface area contributed by atoms with Gasteiger partial charge < -0.3 is 15.8 Å². The van der Waals surface area contributed by atoms with E-state index in [4.69, 9.17) is 17.3 Å². The molecule has 3 N–H and O–H groups in total. The fourth-order valence-corrected chi connectivity index (χ4v) is 1.31. The van der Waals surface area contributed by atoms with E-state index < -0.39 is 23.7 Å². The van der Waals surface area contributed by atoms with E-state index in [0.717, 1.165) is 6.07 Å². The number of halogens is 2. The van der Waals surface area contributed by atoms with Crippen molar-refractivity contribution >= 4 is 29.2 Å². The molecule has 0 aromatic heterocycles. The Bertz CT molecular complexity index is 468. The van der Waals surface area contributed by atoms with Crippen LogP contribution in [0.2, 0.25) is 5.02 Å². The highest BCUT2D eigenvalue weighted by molar-refractivity contribution is 6.31. The molecule has 5 nitrogen and oxygen atoms in total. The number of hydrogen-bond acceptors (Lipinski definition) is 4. The molecule has 0 bridgehead atoms. The first-order valence-electron chi connectivity index (χ1n) is 5.13. The van der Waals surface area contributed by atoms with E-state index in [-0.39, 0.29) is 17.3 Å². The zero-order chi connectivity index (χ0) is 13.7. The van der Waals surface area contributed by atoms with Crippen molar-refractivity contribution in [3.63, 3.8) is 0 Å². The Kier molecular flexibility index (Phi) is 5.06. The number of carbonyl (C=O) groups excluding carboxylic acids is 2. The van der Waals surface area contributed by atoms with Gasteiger partial charge in [-0.25, -0.2) is 9.18 Å². The van der Waals surface area contributed by atoms with Crippen LogP contribution < -0.4 is 11.1 Å². The van der Waals surface area contributed by atoms with E-state index in [9.17, 15) is 14.0 Å². The number of esters is 1. The second kappa shape index (κ2) is 6.32. The lowest BCUT2D eigenvalue weighted by Crippen LogP contribution is -2.43. The topological polar surface area (TPSA) is 81.4 Å². The summed E-state index contributed by atoms with van der Waals surface area (Å²) in [6, 6.07) is 2.17. The second-order valence-electron chi connectivity index (χ2n) is 3.35. The van der Waals surface area contributed by atoms with E-state index in [2.05, 4.69) is 10.1 Å². The minimum atomic E-state index is -1.44. The molecule has 0 fully saturated rings. The van der Waals surface area contributed by atoms with E-state index in [1.165, 1.54) is 12.1 Å². The maximum absolute atomic E-state index is 12.9. The van der Waals surface area contributed by atoms with Gasteiger partial charge in [-0.05, 0) is 25.1 Å². The van der Waals surface area contributed by atoms with Crippen LogP contribution in [0.15, 0.2) is 18.2 Å². The van der Waals surface area contributed by atoms with Crippen LogP contribution >= 0.6 is 11.6 Å². The summed E-state index contributed by atoms with van der Waals surface area (Å²) in [5.41, 5.74) is 5.61. The van der Waals surface area contributed by atoms with Crippen molar-refractivity contribution in [1.29, 1.82) is 0 Å². The fourth-order valence-electron chi connectivity index (χ4n) is 1.13. The Balaban J connectivity index is 2.69. The standard InChI is InChI=1S/C11H12ClFN2O3/c1-2-18-11(17)9(14)10(16)15-6-3-4-8(13)7(12)5-6/h3-5,9H,2,14H2,1H3,(H,15,16). The molecule has 98 valence electrons. The number of carbonyl (C=O) groups is 2. The first kappa shape index (κ1) is 14.4. The van der Waals surface area contributed by atoms with Gasteiger partial charge in [0.1, 0.15) is 5.82 Å². The first-order chi connectivity index (χ1) is 8.45. The van der Waals surface area contributed by atoms with Gasteiger partial charge in [0.25, 0.3) is 5.91 Å². The minimum Gasteiger partial charge on any atom is -0.464 e. The van der Waals surface area contributed by atoms with Gasteiger partial charge in [-0.1, -0.05) is 11.6 Å². The Hall–Kier alpha value is -1.66. The molecule has 0 aliphatic carbocycles. The van der Waals surface area contributed by atoms with Crippen LogP contribution in [-0.4, -0.2) is 24.5 Å². The lowest BCUT2D eigenvalue weighted by atomic mass is 10.2. The second-order valence-corrected chi connectivity index (χ2v) is 3.76. The van der Waals surface area contributed by atoms with Crippen molar-refractivity contribution in [3.05, 3.63) is 29.0 Å². The zero-order valence-electron chi connectivity index (χ0n) is 9.57. The van der Waals surface area contributed by atoms with Gasteiger partial charge in [0.2, 0.25) is 0 Å². The minimum absolute atomic E-state index is 0.127. The maximum atomic E-state index is 12.9. The Morgan fingerprint density at radius 1 is 1.56 bits per heavy atom. The Morgan fingerprint density at radius 3 is 2.78 bits per heavy atom. The van der Waals surface area contributed by atoms with Crippen LogP contribution in [-0.2, 0) is 14.3 Å². The predicted molar refractivity (Wildman–Crippen MR) is 64.6 cm³/mol. The average Bonchev–Trinajstić information content (AvgIpc) is 2.33. The summed E-state index contributed by atoms with van der Waals surface area (Å²) >= 11 is 5.54. The molecule has 0 saturated heterocycles. The number of hydrogen-bond donors (Lipinski definition) is 2. The molecule has 1 aromatic carbocycles. The summed E-state index contributed by atoms with van der Waals surface area (Å²) in [7, 11) is 0. The van der Waals surface area contributed by atoms with Gasteiger partial charge in [0.05, 0.1) is 11.6 Å². The van der Waals surface area contributed by atoms with Crippen LogP contribution in [0.5, 0.6) is 0 Å². The number of amides is 1. The van der Waals surface area contributed by atoms with Gasteiger partial charge in [-0.3, -0.25) is 4.79 Å². The van der Waals surface area contributed by atoms with Crippen molar-refractivity contribution in [1.82, 2.24) is 0 Å². The highest BCUT2D eigenvalue weighted by atomic mass is 35.5. The predicted octanol–water partition coefficient (Wildman–Crippen LogP) is 1.31. The average molecular weight is 275 g/mol. The summed E-state index contributed by atoms with van der Waals surface area (Å²) in [6.07, 6.45) is 0. The summed E-state index contributed by atoms with van der Waals surface area (Å²) in [5, 5.41) is 2.19. The molecule has 0 heterocycles. The van der Waals surface area contributed by atoms with Gasteiger partial charge in [-0.2, -0.15) is 0 Å². The lowest BCUT2D eigenvalue weighted by molar-refractivity contribution is -0.146. The van der Waals surface area contributed by atoms with Crippen molar-refractivity contribution in [2.24, 2.45) is 5.73 Å². The summed E-state index contributed by atoms with van der Waals surface area (Å²) in [4.78, 5) is 22.8. The smallest absolute Gasteiger partial charge is 0.332 e. The third-order valence-corrected chi connectivity index (χ3v) is 2.30. The molecule has 0 aliphatic heterocycles. The number of nitrogens with one attached hydrogen (secondary N) is 1. The van der Waals surface area contributed by atoms with E-state index in [1.54, 1.807) is 6.92 Å². The van der Waals surface area contributed by atoms with Crippen LogP contribution in [0.4, 0.5) is 10.1 Å². The van der Waals surface area contributed by atoms with Crippen molar-refractivity contribution in [2.45, 2.75) is 13.0 Å². The molecular weight excluding hydrogens is 263 g/mol. The van der Waals surface area contributed by atoms with Crippen LogP contribution in [0, 0.1) is 5.82 Å². The molecule has 0 spiro atoms. The lowest BCUT2D eigenvalue weighted by Gasteiger charge is -2.11. The molecule has 18 heavy (non-hydrogen) atoms. The van der Waals surface area contributed by atoms with Crippen molar-refractivity contribution in [2.75, 3.05) is 11.9 Å². The number of rotatable bonds is 4. The number of ether oxygens (including phenoxy) is 1. The summed E-state index contributed by atoms with van der Waals surface area (Å²) < 4.78 is 17.5. The fraction of sp³-hybridized carbons (Fsp3) is 0.273. The van der Waals surface area contributed by atoms with Crippen LogP contribution in [0.3, 0.4) is 0 Å². The molecule has 1 unspecified atom stereocenters. The quantitative estimate of drug-likeness (QED) is 0.641. The highest BCUT2D eigenvalue weighted by Gasteiger charge is 2.23. The summed E-state index contributed by atoms with van der Waals surface area (Å²) in [6.45, 7) is 1.73. The molecule has 1 amide bonds. The first-order valence-corrected chi connectivity index (χ1v) is 5.51. The Labute approximate surface area is 108 Å². The van der Waals surface area contributed by atoms with Gasteiger partial charge in [0, 0.05) is 5.69 Å². The number of nitrogens with two attached hydrogens (primary N) is 1. The third kappa shape index (κ3) is 3.68. The third-order valence-electron chi connectivity index (χ3n) is 2.01. The van der Waals surface area contributed by atoms with Crippen LogP contribution in [0.25, 0.3) is 0 Å². The molecule has 1 atom stereocenters. The zero-order valence-corrected chi connectivity index (χ0v) is 10.3. The largest absolute Gasteiger partial charge is 0.464 e. The molecule has 1 rings (SSSR count). The SMILES string of the molecule is CCOC(=O)C(N)C(=O)Nc1ccc(F)c(Cl)c1. The maximum Gasteiger partial charge on any atom is 0.332 e. The van der Waals surface area contributed by atoms with E-state index >= 15 is 0 Å². The molecular formula is C11H12ClFN2O3. The highest BCUT2D eigenvalue weighted by Crippen LogP contribution is 2.19. The van der Waals surface area contributed by atoms with Crippen molar-refractivity contribution in [3.8, 4) is 0 Å². The molecule has 7 heteroatoms.